The first-order valence-corrected chi connectivity index (χ1v) is 8.52. The van der Waals surface area contributed by atoms with Crippen LogP contribution in [-0.2, 0) is 4.74 Å². The molecular formula is C18H23BrO2. The minimum Gasteiger partial charge on any atom is -0.458 e. The van der Waals surface area contributed by atoms with E-state index in [4.69, 9.17) is 4.74 Å². The molecule has 0 spiro atoms. The molecule has 0 aromatic heterocycles. The zero-order chi connectivity index (χ0) is 15.4. The second kappa shape index (κ2) is 4.84. The van der Waals surface area contributed by atoms with E-state index in [1.807, 2.05) is 25.1 Å². The van der Waals surface area contributed by atoms with Crippen molar-refractivity contribution >= 4 is 21.9 Å². The monoisotopic (exact) mass is 350 g/mol. The summed E-state index contributed by atoms with van der Waals surface area (Å²) < 4.78 is 6.86. The van der Waals surface area contributed by atoms with Crippen LogP contribution in [0.1, 0.15) is 56.0 Å². The van der Waals surface area contributed by atoms with Crippen molar-refractivity contribution in [1.82, 2.24) is 0 Å². The van der Waals surface area contributed by atoms with E-state index in [1.165, 1.54) is 12.8 Å². The third kappa shape index (κ3) is 2.16. The Morgan fingerprint density at radius 1 is 1.33 bits per heavy atom. The Balaban J connectivity index is 1.79. The highest BCUT2D eigenvalue weighted by Crippen LogP contribution is 2.66. The number of aryl methyl sites for hydroxylation is 1. The minimum atomic E-state index is -0.190. The van der Waals surface area contributed by atoms with Gasteiger partial charge in [-0.15, -0.1) is 0 Å². The van der Waals surface area contributed by atoms with Gasteiger partial charge in [0, 0.05) is 9.89 Å². The summed E-state index contributed by atoms with van der Waals surface area (Å²) in [5.41, 5.74) is 2.15. The lowest BCUT2D eigenvalue weighted by Gasteiger charge is -2.38. The summed E-state index contributed by atoms with van der Waals surface area (Å²) in [6.07, 6.45) is 3.51. The quantitative estimate of drug-likeness (QED) is 0.691. The van der Waals surface area contributed by atoms with Crippen LogP contribution in [0.25, 0.3) is 0 Å². The molecule has 2 saturated carbocycles. The fourth-order valence-electron chi connectivity index (χ4n) is 4.23. The Morgan fingerprint density at radius 3 is 2.57 bits per heavy atom. The summed E-state index contributed by atoms with van der Waals surface area (Å²) in [7, 11) is 0. The van der Waals surface area contributed by atoms with E-state index in [9.17, 15) is 4.79 Å². The Labute approximate surface area is 135 Å². The molecule has 0 saturated heterocycles. The Morgan fingerprint density at radius 2 is 2.05 bits per heavy atom. The number of carbonyl (C=O) groups is 1. The number of benzene rings is 1. The van der Waals surface area contributed by atoms with Crippen molar-refractivity contribution in [1.29, 1.82) is 0 Å². The maximum Gasteiger partial charge on any atom is 0.338 e. The number of ether oxygens (including phenoxy) is 1. The van der Waals surface area contributed by atoms with Gasteiger partial charge >= 0.3 is 5.97 Å². The molecule has 21 heavy (non-hydrogen) atoms. The highest BCUT2D eigenvalue weighted by Gasteiger charge is 2.62. The van der Waals surface area contributed by atoms with E-state index >= 15 is 0 Å². The smallest absolute Gasteiger partial charge is 0.338 e. The van der Waals surface area contributed by atoms with Crippen LogP contribution < -0.4 is 0 Å². The van der Waals surface area contributed by atoms with Crippen molar-refractivity contribution in [3.8, 4) is 0 Å². The zero-order valence-corrected chi connectivity index (χ0v) is 14.8. The molecule has 114 valence electrons. The number of hydrogen-bond acceptors (Lipinski definition) is 2. The summed E-state index contributed by atoms with van der Waals surface area (Å²) in [5, 5.41) is 0. The molecule has 0 heterocycles. The van der Waals surface area contributed by atoms with E-state index in [0.717, 1.165) is 16.5 Å². The van der Waals surface area contributed by atoms with Gasteiger partial charge in [-0.1, -0.05) is 42.8 Å². The van der Waals surface area contributed by atoms with Gasteiger partial charge in [-0.2, -0.15) is 0 Å². The van der Waals surface area contributed by atoms with Crippen molar-refractivity contribution in [2.75, 3.05) is 0 Å². The fourth-order valence-corrected chi connectivity index (χ4v) is 4.60. The first-order chi connectivity index (χ1) is 9.75. The molecule has 1 aromatic carbocycles. The molecule has 3 atom stereocenters. The van der Waals surface area contributed by atoms with E-state index in [0.29, 0.717) is 11.5 Å². The second-order valence-electron chi connectivity index (χ2n) is 7.47. The first-order valence-electron chi connectivity index (χ1n) is 7.73. The zero-order valence-electron chi connectivity index (χ0n) is 13.2. The molecule has 0 aliphatic heterocycles. The largest absolute Gasteiger partial charge is 0.458 e. The molecule has 3 heteroatoms. The molecule has 2 aliphatic rings. The van der Waals surface area contributed by atoms with Gasteiger partial charge in [0.15, 0.2) is 0 Å². The number of hydrogen-bond donors (Lipinski definition) is 0. The van der Waals surface area contributed by atoms with E-state index < -0.39 is 0 Å². The van der Waals surface area contributed by atoms with Crippen molar-refractivity contribution in [2.24, 2.45) is 16.7 Å². The van der Waals surface area contributed by atoms with Gasteiger partial charge in [-0.25, -0.2) is 4.79 Å². The highest BCUT2D eigenvalue weighted by molar-refractivity contribution is 9.10. The van der Waals surface area contributed by atoms with Crippen LogP contribution in [0.2, 0.25) is 0 Å². The number of fused-ring (bicyclic) bond motifs is 2. The van der Waals surface area contributed by atoms with Crippen LogP contribution >= 0.6 is 15.9 Å². The minimum absolute atomic E-state index is 0.0545. The number of halogens is 1. The van der Waals surface area contributed by atoms with Crippen LogP contribution in [0.4, 0.5) is 0 Å². The maximum atomic E-state index is 12.5. The number of esters is 1. The molecule has 2 nitrogen and oxygen atoms in total. The standard InChI is InChI=1S/C18H23BrO2/c1-11-5-6-12(9-14(11)19)16(20)21-15-10-13-7-8-18(15,4)17(13,2)3/h5-6,9,13,15H,7-8,10H2,1-4H3. The van der Waals surface area contributed by atoms with Crippen LogP contribution in [0, 0.1) is 23.7 Å². The summed E-state index contributed by atoms with van der Waals surface area (Å²) >= 11 is 3.48. The van der Waals surface area contributed by atoms with Gasteiger partial charge in [0.25, 0.3) is 0 Å². The summed E-state index contributed by atoms with van der Waals surface area (Å²) in [4.78, 5) is 12.5. The molecule has 0 amide bonds. The molecule has 2 bridgehead atoms. The molecule has 2 fully saturated rings. The van der Waals surface area contributed by atoms with Gasteiger partial charge in [-0.3, -0.25) is 0 Å². The molecular weight excluding hydrogens is 328 g/mol. The number of rotatable bonds is 2. The van der Waals surface area contributed by atoms with Crippen molar-refractivity contribution in [3.63, 3.8) is 0 Å². The fraction of sp³-hybridized carbons (Fsp3) is 0.611. The molecule has 1 aromatic rings. The van der Waals surface area contributed by atoms with Gasteiger partial charge in [0.2, 0.25) is 0 Å². The van der Waals surface area contributed by atoms with Crippen molar-refractivity contribution < 1.29 is 9.53 Å². The lowest BCUT2D eigenvalue weighted by molar-refractivity contribution is -0.0242. The van der Waals surface area contributed by atoms with Gasteiger partial charge in [0.1, 0.15) is 6.10 Å². The summed E-state index contributed by atoms with van der Waals surface area (Å²) in [5.74, 6) is 0.496. The van der Waals surface area contributed by atoms with Crippen LogP contribution in [0.15, 0.2) is 22.7 Å². The normalized spacial score (nSPS) is 33.2. The second-order valence-corrected chi connectivity index (χ2v) is 8.32. The van der Waals surface area contributed by atoms with Crippen LogP contribution in [0.3, 0.4) is 0 Å². The lowest BCUT2D eigenvalue weighted by Crippen LogP contribution is -2.38. The van der Waals surface area contributed by atoms with Crippen molar-refractivity contribution in [2.45, 2.75) is 53.1 Å². The third-order valence-electron chi connectivity index (χ3n) is 6.37. The first kappa shape index (κ1) is 15.1. The van der Waals surface area contributed by atoms with Crippen molar-refractivity contribution in [3.05, 3.63) is 33.8 Å². The van der Waals surface area contributed by atoms with Crippen LogP contribution in [0.5, 0.6) is 0 Å². The number of carbonyl (C=O) groups excluding carboxylic acids is 1. The van der Waals surface area contributed by atoms with E-state index in [1.54, 1.807) is 0 Å². The third-order valence-corrected chi connectivity index (χ3v) is 7.23. The molecule has 0 radical (unpaired) electrons. The molecule has 2 aliphatic carbocycles. The van der Waals surface area contributed by atoms with Gasteiger partial charge < -0.3 is 4.74 Å². The van der Waals surface area contributed by atoms with Gasteiger partial charge in [0.05, 0.1) is 5.56 Å². The molecule has 3 rings (SSSR count). The summed E-state index contributed by atoms with van der Waals surface area (Å²) in [6.45, 7) is 8.98. The van der Waals surface area contributed by atoms with E-state index in [-0.39, 0.29) is 22.9 Å². The van der Waals surface area contributed by atoms with Gasteiger partial charge in [-0.05, 0) is 55.2 Å². The predicted molar refractivity (Wildman–Crippen MR) is 87.3 cm³/mol. The lowest BCUT2D eigenvalue weighted by atomic mass is 9.70. The van der Waals surface area contributed by atoms with E-state index in [2.05, 4.69) is 36.7 Å². The Kier molecular flexibility index (Phi) is 3.47. The predicted octanol–water partition coefficient (Wildman–Crippen LogP) is 5.13. The SMILES string of the molecule is Cc1ccc(C(=O)OC2CC3CCC2(C)C3(C)C)cc1Br. The average molecular weight is 351 g/mol. The van der Waals surface area contributed by atoms with Crippen LogP contribution in [-0.4, -0.2) is 12.1 Å². The summed E-state index contributed by atoms with van der Waals surface area (Å²) in [6, 6.07) is 5.66. The average Bonchev–Trinajstić information content (AvgIpc) is 2.75. The maximum absolute atomic E-state index is 12.5. The molecule has 3 unspecified atom stereocenters. The molecule has 0 N–H and O–H groups in total. The Hall–Kier alpha value is -0.830. The Bertz CT molecular complexity index is 593. The topological polar surface area (TPSA) is 26.3 Å². The highest BCUT2D eigenvalue weighted by atomic mass is 79.9.